The summed E-state index contributed by atoms with van der Waals surface area (Å²) in [4.78, 5) is 33.6. The number of aromatic nitrogens is 5. The highest BCUT2D eigenvalue weighted by molar-refractivity contribution is 7.15. The van der Waals surface area contributed by atoms with Gasteiger partial charge in [0.25, 0.3) is 5.56 Å². The lowest BCUT2D eigenvalue weighted by atomic mass is 9.97. The van der Waals surface area contributed by atoms with Crippen LogP contribution in [0.4, 0.5) is 5.69 Å². The van der Waals surface area contributed by atoms with Crippen LogP contribution in [0.15, 0.2) is 28.9 Å². The summed E-state index contributed by atoms with van der Waals surface area (Å²) < 4.78 is 3.23. The summed E-state index contributed by atoms with van der Waals surface area (Å²) in [5.74, 6) is 0.414. The Morgan fingerprint density at radius 2 is 2.32 bits per heavy atom. The number of nitrogens with one attached hydrogen (secondary N) is 1. The van der Waals surface area contributed by atoms with Crippen LogP contribution in [-0.4, -0.2) is 30.1 Å². The van der Waals surface area contributed by atoms with E-state index < -0.39 is 0 Å². The van der Waals surface area contributed by atoms with Crippen molar-refractivity contribution < 1.29 is 4.79 Å². The van der Waals surface area contributed by atoms with Crippen molar-refractivity contribution in [1.82, 2.24) is 24.1 Å². The molecule has 0 aromatic carbocycles. The fraction of sp³-hybridized carbons (Fsp3) is 0.308. The van der Waals surface area contributed by atoms with Gasteiger partial charge in [-0.1, -0.05) is 0 Å². The number of amides is 1. The third kappa shape index (κ3) is 2.10. The van der Waals surface area contributed by atoms with Crippen molar-refractivity contribution in [3.8, 4) is 0 Å². The molecule has 1 atom stereocenters. The summed E-state index contributed by atoms with van der Waals surface area (Å²) >= 11 is 1.37. The van der Waals surface area contributed by atoms with Gasteiger partial charge in [-0.05, 0) is 6.42 Å². The van der Waals surface area contributed by atoms with Crippen molar-refractivity contribution in [3.63, 3.8) is 0 Å². The van der Waals surface area contributed by atoms with E-state index in [1.807, 2.05) is 0 Å². The molecule has 1 amide bonds. The molecule has 112 valence electrons. The maximum absolute atomic E-state index is 12.4. The largest absolute Gasteiger partial charge is 0.320 e. The fourth-order valence-electron chi connectivity index (χ4n) is 2.60. The monoisotopic (exact) mass is 316 g/mol. The fourth-order valence-corrected chi connectivity index (χ4v) is 3.28. The zero-order chi connectivity index (χ0) is 15.1. The van der Waals surface area contributed by atoms with Gasteiger partial charge in [-0.15, -0.1) is 11.3 Å². The molecule has 1 unspecified atom stereocenters. The van der Waals surface area contributed by atoms with E-state index in [0.717, 1.165) is 5.82 Å². The molecule has 4 rings (SSSR count). The third-order valence-corrected chi connectivity index (χ3v) is 4.56. The second kappa shape index (κ2) is 5.02. The highest BCUT2D eigenvalue weighted by atomic mass is 32.1. The number of carbonyl (C=O) groups excluding carboxylic acids is 1. The van der Waals surface area contributed by atoms with E-state index in [0.29, 0.717) is 24.3 Å². The molecular formula is C13H12N6O2S. The van der Waals surface area contributed by atoms with E-state index in [-0.39, 0.29) is 23.1 Å². The molecule has 0 saturated carbocycles. The van der Waals surface area contributed by atoms with Gasteiger partial charge in [0.1, 0.15) is 17.8 Å². The lowest BCUT2D eigenvalue weighted by Crippen LogP contribution is -2.32. The number of rotatable bonds is 2. The number of carbonyl (C=O) groups is 1. The Morgan fingerprint density at radius 3 is 3.23 bits per heavy atom. The second-order valence-corrected chi connectivity index (χ2v) is 5.98. The first kappa shape index (κ1) is 13.1. The number of aryl methyl sites for hydroxylation is 1. The average Bonchev–Trinajstić information content (AvgIpc) is 3.17. The van der Waals surface area contributed by atoms with Crippen molar-refractivity contribution in [2.24, 2.45) is 5.92 Å². The Bertz CT molecular complexity index is 911. The van der Waals surface area contributed by atoms with Crippen LogP contribution >= 0.6 is 11.3 Å². The summed E-state index contributed by atoms with van der Waals surface area (Å²) in [7, 11) is 0. The number of hydrogen-bond donors (Lipinski definition) is 1. The normalized spacial score (nSPS) is 17.4. The molecule has 22 heavy (non-hydrogen) atoms. The van der Waals surface area contributed by atoms with E-state index >= 15 is 0 Å². The number of nitrogens with zero attached hydrogens (tertiary/aromatic N) is 5. The van der Waals surface area contributed by atoms with Crippen LogP contribution in [-0.2, 0) is 17.8 Å². The molecule has 1 N–H and O–H groups in total. The molecule has 0 fully saturated rings. The molecule has 0 saturated heterocycles. The Kier molecular flexibility index (Phi) is 3.00. The van der Waals surface area contributed by atoms with E-state index in [1.165, 1.54) is 28.3 Å². The van der Waals surface area contributed by atoms with Gasteiger partial charge in [-0.25, -0.2) is 9.97 Å². The van der Waals surface area contributed by atoms with Gasteiger partial charge in [-0.2, -0.15) is 5.10 Å². The standard InChI is InChI=1S/C13H12N6O2S/c20-11(8-1-2-19-10(5-8)15-7-16-19)17-9-6-14-13-18(12(9)21)3-4-22-13/h3-4,6-8H,1-2,5H2,(H,17,20). The van der Waals surface area contributed by atoms with E-state index in [9.17, 15) is 9.59 Å². The lowest BCUT2D eigenvalue weighted by Gasteiger charge is -2.21. The van der Waals surface area contributed by atoms with Gasteiger partial charge in [-0.3, -0.25) is 18.7 Å². The highest BCUT2D eigenvalue weighted by Crippen LogP contribution is 2.19. The smallest absolute Gasteiger partial charge is 0.282 e. The molecule has 3 aromatic rings. The lowest BCUT2D eigenvalue weighted by molar-refractivity contribution is -0.120. The van der Waals surface area contributed by atoms with E-state index in [2.05, 4.69) is 20.4 Å². The minimum absolute atomic E-state index is 0.177. The SMILES string of the molecule is O=C(Nc1cnc2sccn2c1=O)C1CCn2ncnc2C1. The molecule has 3 aromatic heterocycles. The van der Waals surface area contributed by atoms with Crippen LogP contribution in [0.1, 0.15) is 12.2 Å². The van der Waals surface area contributed by atoms with Gasteiger partial charge < -0.3 is 5.32 Å². The Morgan fingerprint density at radius 1 is 1.41 bits per heavy atom. The molecule has 1 aliphatic heterocycles. The predicted octanol–water partition coefficient (Wildman–Crippen LogP) is 0.549. The maximum Gasteiger partial charge on any atom is 0.282 e. The van der Waals surface area contributed by atoms with Crippen molar-refractivity contribution in [3.05, 3.63) is 40.3 Å². The summed E-state index contributed by atoms with van der Waals surface area (Å²) in [6, 6.07) is 0. The van der Waals surface area contributed by atoms with Crippen LogP contribution in [0.25, 0.3) is 4.96 Å². The molecule has 4 heterocycles. The third-order valence-electron chi connectivity index (χ3n) is 3.79. The molecule has 0 bridgehead atoms. The van der Waals surface area contributed by atoms with Crippen LogP contribution in [0, 0.1) is 5.92 Å². The maximum atomic E-state index is 12.4. The number of anilines is 1. The summed E-state index contributed by atoms with van der Waals surface area (Å²) in [5, 5.41) is 8.57. The molecule has 0 spiro atoms. The Balaban J connectivity index is 1.56. The molecule has 8 nitrogen and oxygen atoms in total. The predicted molar refractivity (Wildman–Crippen MR) is 79.8 cm³/mol. The van der Waals surface area contributed by atoms with Gasteiger partial charge in [0.05, 0.1) is 6.20 Å². The Hall–Kier alpha value is -2.55. The number of hydrogen-bond acceptors (Lipinski definition) is 6. The van der Waals surface area contributed by atoms with E-state index in [1.54, 1.807) is 16.3 Å². The number of fused-ring (bicyclic) bond motifs is 2. The minimum Gasteiger partial charge on any atom is -0.320 e. The summed E-state index contributed by atoms with van der Waals surface area (Å²) in [5.41, 5.74) is -0.0634. The van der Waals surface area contributed by atoms with Gasteiger partial charge >= 0.3 is 0 Å². The summed E-state index contributed by atoms with van der Waals surface area (Å²) in [6.45, 7) is 0.661. The summed E-state index contributed by atoms with van der Waals surface area (Å²) in [6.07, 6.45) is 5.76. The van der Waals surface area contributed by atoms with Crippen LogP contribution in [0.5, 0.6) is 0 Å². The molecular weight excluding hydrogens is 304 g/mol. The van der Waals surface area contributed by atoms with Crippen molar-refractivity contribution in [2.75, 3.05) is 5.32 Å². The van der Waals surface area contributed by atoms with Gasteiger partial charge in [0.15, 0.2) is 4.96 Å². The second-order valence-electron chi connectivity index (χ2n) is 5.11. The first-order chi connectivity index (χ1) is 10.7. The first-order valence-electron chi connectivity index (χ1n) is 6.85. The zero-order valence-electron chi connectivity index (χ0n) is 11.5. The highest BCUT2D eigenvalue weighted by Gasteiger charge is 2.26. The first-order valence-corrected chi connectivity index (χ1v) is 7.73. The average molecular weight is 316 g/mol. The topological polar surface area (TPSA) is 94.2 Å². The molecule has 1 aliphatic rings. The van der Waals surface area contributed by atoms with Crippen LogP contribution in [0.2, 0.25) is 0 Å². The van der Waals surface area contributed by atoms with Crippen molar-refractivity contribution >= 4 is 27.9 Å². The minimum atomic E-state index is -0.265. The molecule has 0 aliphatic carbocycles. The van der Waals surface area contributed by atoms with Gasteiger partial charge in [0, 0.05) is 30.5 Å². The number of thiazole rings is 1. The molecule has 0 radical (unpaired) electrons. The zero-order valence-corrected chi connectivity index (χ0v) is 12.3. The van der Waals surface area contributed by atoms with Crippen LogP contribution < -0.4 is 10.9 Å². The van der Waals surface area contributed by atoms with E-state index in [4.69, 9.17) is 0 Å². The molecule has 9 heteroatoms. The van der Waals surface area contributed by atoms with Crippen molar-refractivity contribution in [1.29, 1.82) is 0 Å². The van der Waals surface area contributed by atoms with Gasteiger partial charge in [0.2, 0.25) is 5.91 Å². The van der Waals surface area contributed by atoms with Crippen molar-refractivity contribution in [2.45, 2.75) is 19.4 Å². The van der Waals surface area contributed by atoms with Crippen LogP contribution in [0.3, 0.4) is 0 Å². The quantitative estimate of drug-likeness (QED) is 0.745. The Labute approximate surface area is 128 Å².